The molecule has 0 saturated carbocycles. The molecule has 1 saturated heterocycles. The number of hydrogen-bond acceptors (Lipinski definition) is 7. The summed E-state index contributed by atoms with van der Waals surface area (Å²) in [4.78, 5) is 31.3. The minimum absolute atomic E-state index is 0.0605. The van der Waals surface area contributed by atoms with Gasteiger partial charge in [0.25, 0.3) is 0 Å². The molecule has 0 N–H and O–H groups in total. The number of carbonyl (C=O) groups excluding carboxylic acids is 2. The number of aromatic nitrogens is 3. The van der Waals surface area contributed by atoms with Crippen LogP contribution in [0.25, 0.3) is 5.69 Å². The number of cyclic esters (lactones) is 1. The maximum absolute atomic E-state index is 14.6. The second kappa shape index (κ2) is 10.1. The fraction of sp³-hybridized carbons (Fsp3) is 0.300. The smallest absolute Gasteiger partial charge is 0.415 e. The number of ether oxygens (including phenoxy) is 2. The van der Waals surface area contributed by atoms with E-state index in [1.807, 2.05) is 0 Å². The van der Waals surface area contributed by atoms with Crippen LogP contribution in [-0.2, 0) is 9.47 Å². The van der Waals surface area contributed by atoms with Crippen molar-refractivity contribution >= 4 is 58.5 Å². The Morgan fingerprint density at radius 3 is 2.79 bits per heavy atom. The number of nitrogens with zero attached hydrogens (tertiary/aromatic N) is 5. The van der Waals surface area contributed by atoms with Crippen LogP contribution in [0.3, 0.4) is 0 Å². The fourth-order valence-corrected chi connectivity index (χ4v) is 3.46. The van der Waals surface area contributed by atoms with Gasteiger partial charge in [-0.1, -0.05) is 40.0 Å². The highest BCUT2D eigenvalue weighted by molar-refractivity contribution is 6.67. The number of benzene rings is 1. The minimum atomic E-state index is -1.78. The Kier molecular flexibility index (Phi) is 7.15. The average Bonchev–Trinajstić information content (AvgIpc) is 3.54. The number of imidazole rings is 1. The van der Waals surface area contributed by atoms with Crippen LogP contribution in [-0.4, -0.2) is 56.5 Å². The third-order valence-corrected chi connectivity index (χ3v) is 5.18. The molecule has 0 bridgehead atoms. The maximum atomic E-state index is 14.6. The predicted octanol–water partition coefficient (Wildman–Crippen LogP) is 4.73. The van der Waals surface area contributed by atoms with Crippen LogP contribution in [0.1, 0.15) is 6.42 Å². The molecule has 1 fully saturated rings. The SMILES string of the molecule is O=C1O[C@H](CCN(C(=O)OCC(Cl)(Cl)Cl)c2ccon2)CN1c1ccc(-n2ccnc2)c(F)c1. The lowest BCUT2D eigenvalue weighted by atomic mass is 10.2. The van der Waals surface area contributed by atoms with Crippen molar-refractivity contribution in [3.8, 4) is 5.69 Å². The van der Waals surface area contributed by atoms with Crippen LogP contribution in [0.5, 0.6) is 0 Å². The summed E-state index contributed by atoms with van der Waals surface area (Å²) in [5, 5.41) is 3.73. The Bertz CT molecular complexity index is 1140. The molecule has 1 aliphatic heterocycles. The topological polar surface area (TPSA) is 103 Å². The first kappa shape index (κ1) is 24.1. The van der Waals surface area contributed by atoms with Gasteiger partial charge in [0.1, 0.15) is 24.8 Å². The van der Waals surface area contributed by atoms with Crippen molar-refractivity contribution in [1.29, 1.82) is 0 Å². The van der Waals surface area contributed by atoms with Gasteiger partial charge in [0.2, 0.25) is 3.79 Å². The van der Waals surface area contributed by atoms with Gasteiger partial charge in [-0.15, -0.1) is 0 Å². The molecular formula is C20H17Cl3FN5O5. The molecule has 2 aromatic heterocycles. The monoisotopic (exact) mass is 531 g/mol. The molecule has 0 spiro atoms. The second-order valence-corrected chi connectivity index (χ2v) is 9.71. The van der Waals surface area contributed by atoms with E-state index < -0.39 is 34.5 Å². The summed E-state index contributed by atoms with van der Waals surface area (Å²) in [5.74, 6) is -0.353. The number of anilines is 2. The van der Waals surface area contributed by atoms with E-state index in [0.717, 1.165) is 4.90 Å². The quantitative estimate of drug-likeness (QED) is 0.405. The van der Waals surface area contributed by atoms with E-state index in [9.17, 15) is 14.0 Å². The van der Waals surface area contributed by atoms with Crippen LogP contribution < -0.4 is 9.80 Å². The van der Waals surface area contributed by atoms with Crippen molar-refractivity contribution in [3.63, 3.8) is 0 Å². The van der Waals surface area contributed by atoms with E-state index >= 15 is 0 Å². The Balaban J connectivity index is 1.40. The van der Waals surface area contributed by atoms with E-state index in [-0.39, 0.29) is 25.3 Å². The average molecular weight is 533 g/mol. The number of rotatable bonds is 7. The second-order valence-electron chi connectivity index (χ2n) is 7.19. The van der Waals surface area contributed by atoms with Crippen LogP contribution in [0.15, 0.2) is 53.8 Å². The van der Waals surface area contributed by atoms with E-state index in [4.69, 9.17) is 48.8 Å². The van der Waals surface area contributed by atoms with Crippen molar-refractivity contribution in [2.45, 2.75) is 16.3 Å². The zero-order chi connectivity index (χ0) is 24.3. The molecule has 14 heteroatoms. The highest BCUT2D eigenvalue weighted by Crippen LogP contribution is 2.28. The Hall–Kier alpha value is -3.02. The molecule has 0 aliphatic carbocycles. The van der Waals surface area contributed by atoms with Gasteiger partial charge in [-0.3, -0.25) is 9.80 Å². The molecule has 10 nitrogen and oxygen atoms in total. The van der Waals surface area contributed by atoms with Crippen molar-refractivity contribution in [1.82, 2.24) is 14.7 Å². The van der Waals surface area contributed by atoms with E-state index in [0.29, 0.717) is 11.4 Å². The molecule has 3 aromatic rings. The van der Waals surface area contributed by atoms with Gasteiger partial charge in [0, 0.05) is 31.4 Å². The first-order chi connectivity index (χ1) is 16.2. The molecule has 2 amide bonds. The van der Waals surface area contributed by atoms with Crippen LogP contribution in [0.4, 0.5) is 25.5 Å². The summed E-state index contributed by atoms with van der Waals surface area (Å²) >= 11 is 16.9. The molecule has 4 rings (SSSR count). The standard InChI is InChI=1S/C20H17Cl3FN5O5/c21-20(22,23)11-32-18(30)28(17-4-8-33-26-17)6-3-14-10-29(19(31)34-14)13-1-2-16(15(24)9-13)27-7-5-25-12-27/h1-2,4-5,7-9,12,14H,3,6,10-11H2/t14-/m1/s1. The molecule has 34 heavy (non-hydrogen) atoms. The predicted molar refractivity (Wildman–Crippen MR) is 121 cm³/mol. The zero-order valence-corrected chi connectivity index (χ0v) is 19.6. The zero-order valence-electron chi connectivity index (χ0n) is 17.3. The molecule has 0 radical (unpaired) electrons. The molecule has 1 aromatic carbocycles. The van der Waals surface area contributed by atoms with Crippen LogP contribution in [0.2, 0.25) is 0 Å². The molecule has 1 atom stereocenters. The van der Waals surface area contributed by atoms with Crippen molar-refractivity contribution in [2.75, 3.05) is 29.5 Å². The van der Waals surface area contributed by atoms with Crippen molar-refractivity contribution in [3.05, 3.63) is 55.1 Å². The van der Waals surface area contributed by atoms with Gasteiger partial charge >= 0.3 is 12.2 Å². The first-order valence-corrected chi connectivity index (χ1v) is 11.0. The van der Waals surface area contributed by atoms with Crippen LogP contribution >= 0.6 is 34.8 Å². The van der Waals surface area contributed by atoms with E-state index in [1.54, 1.807) is 18.3 Å². The van der Waals surface area contributed by atoms with Gasteiger partial charge in [-0.25, -0.2) is 19.0 Å². The summed E-state index contributed by atoms with van der Waals surface area (Å²) in [5.41, 5.74) is 0.631. The molecule has 180 valence electrons. The lowest BCUT2D eigenvalue weighted by Gasteiger charge is -2.21. The lowest BCUT2D eigenvalue weighted by molar-refractivity contribution is 0.135. The summed E-state index contributed by atoms with van der Waals surface area (Å²) in [6, 6.07) is 5.85. The van der Waals surface area contributed by atoms with Crippen molar-refractivity contribution < 1.29 is 28.0 Å². The van der Waals surface area contributed by atoms with Gasteiger partial charge in [0.15, 0.2) is 5.82 Å². The summed E-state index contributed by atoms with van der Waals surface area (Å²) < 4.78 is 29.6. The largest absolute Gasteiger partial charge is 0.445 e. The van der Waals surface area contributed by atoms with Crippen molar-refractivity contribution in [2.24, 2.45) is 0 Å². The van der Waals surface area contributed by atoms with Gasteiger partial charge in [0.05, 0.1) is 24.2 Å². The Morgan fingerprint density at radius 1 is 1.32 bits per heavy atom. The normalized spacial score (nSPS) is 15.9. The lowest BCUT2D eigenvalue weighted by Crippen LogP contribution is -2.36. The van der Waals surface area contributed by atoms with Gasteiger partial charge in [-0.2, -0.15) is 0 Å². The maximum Gasteiger partial charge on any atom is 0.415 e. The number of amides is 2. The summed E-state index contributed by atoms with van der Waals surface area (Å²) in [6.07, 6.45) is 4.08. The molecule has 1 aliphatic rings. The van der Waals surface area contributed by atoms with Gasteiger partial charge in [-0.05, 0) is 18.2 Å². The fourth-order valence-electron chi connectivity index (χ4n) is 3.30. The first-order valence-electron chi connectivity index (χ1n) is 9.89. The van der Waals surface area contributed by atoms with E-state index in [2.05, 4.69) is 10.1 Å². The Morgan fingerprint density at radius 2 is 2.15 bits per heavy atom. The third kappa shape index (κ3) is 5.72. The summed E-state index contributed by atoms with van der Waals surface area (Å²) in [7, 11) is 0. The summed E-state index contributed by atoms with van der Waals surface area (Å²) in [6.45, 7) is -0.263. The highest BCUT2D eigenvalue weighted by atomic mass is 35.6. The number of alkyl halides is 3. The van der Waals surface area contributed by atoms with Gasteiger partial charge < -0.3 is 18.6 Å². The van der Waals surface area contributed by atoms with Crippen LogP contribution in [0, 0.1) is 5.82 Å². The van der Waals surface area contributed by atoms with E-state index in [1.165, 1.54) is 40.4 Å². The number of halogens is 4. The molecular weight excluding hydrogens is 516 g/mol. The minimum Gasteiger partial charge on any atom is -0.445 e. The number of hydrogen-bond donors (Lipinski definition) is 0. The molecule has 0 unspecified atom stereocenters. The highest BCUT2D eigenvalue weighted by Gasteiger charge is 2.34. The third-order valence-electron chi connectivity index (χ3n) is 4.85. The number of carbonyl (C=O) groups is 2. The Labute approximate surface area is 207 Å². The molecule has 3 heterocycles.